The monoisotopic (exact) mass is 294 g/mol. The summed E-state index contributed by atoms with van der Waals surface area (Å²) in [7, 11) is 1.49. The number of hydrogen-bond acceptors (Lipinski definition) is 6. The van der Waals surface area contributed by atoms with Crippen molar-refractivity contribution in [3.05, 3.63) is 29.3 Å². The number of nitrogens with one attached hydrogen (secondary N) is 1. The third kappa shape index (κ3) is 3.96. The molecule has 0 saturated heterocycles. The van der Waals surface area contributed by atoms with E-state index in [9.17, 15) is 0 Å². The van der Waals surface area contributed by atoms with Crippen molar-refractivity contribution < 1.29 is 9.47 Å². The average molecular weight is 295 g/mol. The van der Waals surface area contributed by atoms with Gasteiger partial charge < -0.3 is 14.8 Å². The van der Waals surface area contributed by atoms with Crippen molar-refractivity contribution in [2.45, 2.75) is 13.3 Å². The van der Waals surface area contributed by atoms with Gasteiger partial charge >= 0.3 is 12.0 Å². The summed E-state index contributed by atoms with van der Waals surface area (Å²) in [5.74, 6) is 0.961. The van der Waals surface area contributed by atoms with Gasteiger partial charge in [-0.05, 0) is 24.6 Å². The zero-order valence-electron chi connectivity index (χ0n) is 11.3. The van der Waals surface area contributed by atoms with Crippen LogP contribution in [0.2, 0.25) is 5.02 Å². The first-order valence-electron chi connectivity index (χ1n) is 6.18. The van der Waals surface area contributed by atoms with Crippen LogP contribution in [0.3, 0.4) is 0 Å². The van der Waals surface area contributed by atoms with Crippen LogP contribution in [0.1, 0.15) is 13.3 Å². The summed E-state index contributed by atoms with van der Waals surface area (Å²) in [4.78, 5) is 12.3. The van der Waals surface area contributed by atoms with E-state index in [1.807, 2.05) is 0 Å². The van der Waals surface area contributed by atoms with Crippen LogP contribution in [0.5, 0.6) is 17.8 Å². The van der Waals surface area contributed by atoms with Crippen molar-refractivity contribution in [3.8, 4) is 17.8 Å². The highest BCUT2D eigenvalue weighted by Crippen LogP contribution is 2.23. The van der Waals surface area contributed by atoms with Crippen molar-refractivity contribution in [2.24, 2.45) is 0 Å². The second-order valence-electron chi connectivity index (χ2n) is 3.91. The van der Waals surface area contributed by atoms with Crippen LogP contribution in [-0.4, -0.2) is 28.6 Å². The molecular formula is C13H15ClN4O2. The lowest BCUT2D eigenvalue weighted by molar-refractivity contribution is 0.360. The standard InChI is InChI=1S/C13H15ClN4O2/c1-3-7-15-11-16-12(19-2)18-13(17-11)20-10-6-4-5-9(14)8-10/h4-6,8H,3,7H2,1-2H3,(H,15,16,17,18). The molecule has 1 aromatic carbocycles. The Kier molecular flexibility index (Phi) is 4.95. The highest BCUT2D eigenvalue weighted by Gasteiger charge is 2.08. The largest absolute Gasteiger partial charge is 0.467 e. The molecule has 7 heteroatoms. The summed E-state index contributed by atoms with van der Waals surface area (Å²) in [5, 5.41) is 3.64. The van der Waals surface area contributed by atoms with Crippen molar-refractivity contribution in [2.75, 3.05) is 19.0 Å². The Labute approximate surface area is 122 Å². The molecule has 0 aliphatic heterocycles. The molecule has 0 bridgehead atoms. The maximum absolute atomic E-state index is 5.90. The van der Waals surface area contributed by atoms with Crippen LogP contribution in [0, 0.1) is 0 Å². The van der Waals surface area contributed by atoms with Crippen LogP contribution >= 0.6 is 11.6 Å². The molecule has 1 heterocycles. The van der Waals surface area contributed by atoms with Crippen LogP contribution in [-0.2, 0) is 0 Å². The Morgan fingerprint density at radius 1 is 1.20 bits per heavy atom. The van der Waals surface area contributed by atoms with Gasteiger partial charge in [-0.25, -0.2) is 0 Å². The molecule has 2 rings (SSSR count). The number of benzene rings is 1. The summed E-state index contributed by atoms with van der Waals surface area (Å²) in [6.07, 6.45) is 0.957. The number of methoxy groups -OCH3 is 1. The fourth-order valence-corrected chi connectivity index (χ4v) is 1.61. The van der Waals surface area contributed by atoms with Crippen molar-refractivity contribution in [1.29, 1.82) is 0 Å². The van der Waals surface area contributed by atoms with Gasteiger partial charge in [0, 0.05) is 11.6 Å². The Hall–Kier alpha value is -2.08. The first-order chi connectivity index (χ1) is 9.71. The molecule has 1 aromatic heterocycles. The number of nitrogens with zero attached hydrogens (tertiary/aromatic N) is 3. The molecule has 0 fully saturated rings. The molecule has 6 nitrogen and oxygen atoms in total. The van der Waals surface area contributed by atoms with E-state index in [0.717, 1.165) is 13.0 Å². The maximum Gasteiger partial charge on any atom is 0.330 e. The second kappa shape index (κ2) is 6.91. The topological polar surface area (TPSA) is 69.2 Å². The lowest BCUT2D eigenvalue weighted by Gasteiger charge is -2.08. The molecule has 106 valence electrons. The Morgan fingerprint density at radius 3 is 2.70 bits per heavy atom. The SMILES string of the molecule is CCCNc1nc(OC)nc(Oc2cccc(Cl)c2)n1. The zero-order chi connectivity index (χ0) is 14.4. The van der Waals surface area contributed by atoms with Crippen LogP contribution in [0.15, 0.2) is 24.3 Å². The fraction of sp³-hybridized carbons (Fsp3) is 0.308. The number of anilines is 1. The summed E-state index contributed by atoms with van der Waals surface area (Å²) in [5.41, 5.74) is 0. The van der Waals surface area contributed by atoms with E-state index in [1.165, 1.54) is 7.11 Å². The summed E-state index contributed by atoms with van der Waals surface area (Å²) in [6.45, 7) is 2.80. The predicted octanol–water partition coefficient (Wildman–Crippen LogP) is 3.15. The van der Waals surface area contributed by atoms with E-state index < -0.39 is 0 Å². The van der Waals surface area contributed by atoms with Gasteiger partial charge in [-0.3, -0.25) is 0 Å². The molecule has 0 spiro atoms. The zero-order valence-corrected chi connectivity index (χ0v) is 12.0. The highest BCUT2D eigenvalue weighted by molar-refractivity contribution is 6.30. The molecule has 0 atom stereocenters. The number of hydrogen-bond donors (Lipinski definition) is 1. The maximum atomic E-state index is 5.90. The molecule has 0 amide bonds. The van der Waals surface area contributed by atoms with E-state index in [0.29, 0.717) is 16.7 Å². The number of halogens is 1. The van der Waals surface area contributed by atoms with E-state index in [4.69, 9.17) is 21.1 Å². The van der Waals surface area contributed by atoms with Crippen LogP contribution < -0.4 is 14.8 Å². The molecule has 2 aromatic rings. The minimum Gasteiger partial charge on any atom is -0.467 e. The first kappa shape index (κ1) is 14.3. The lowest BCUT2D eigenvalue weighted by Crippen LogP contribution is -2.07. The molecule has 0 aliphatic rings. The number of rotatable bonds is 6. The molecule has 0 saturated carbocycles. The van der Waals surface area contributed by atoms with Gasteiger partial charge in [-0.2, -0.15) is 9.97 Å². The number of ether oxygens (including phenoxy) is 2. The van der Waals surface area contributed by atoms with Gasteiger partial charge in [0.25, 0.3) is 0 Å². The van der Waals surface area contributed by atoms with E-state index >= 15 is 0 Å². The summed E-state index contributed by atoms with van der Waals surface area (Å²) in [6, 6.07) is 7.33. The summed E-state index contributed by atoms with van der Waals surface area (Å²) >= 11 is 5.90. The van der Waals surface area contributed by atoms with Crippen molar-refractivity contribution in [3.63, 3.8) is 0 Å². The molecule has 0 unspecified atom stereocenters. The van der Waals surface area contributed by atoms with Crippen LogP contribution in [0.4, 0.5) is 5.95 Å². The van der Waals surface area contributed by atoms with Crippen molar-refractivity contribution in [1.82, 2.24) is 15.0 Å². The normalized spacial score (nSPS) is 10.2. The fourth-order valence-electron chi connectivity index (χ4n) is 1.43. The van der Waals surface area contributed by atoms with Gasteiger partial charge in [-0.1, -0.05) is 24.6 Å². The quantitative estimate of drug-likeness (QED) is 0.882. The van der Waals surface area contributed by atoms with Gasteiger partial charge in [-0.15, -0.1) is 4.98 Å². The van der Waals surface area contributed by atoms with Gasteiger partial charge in [0.15, 0.2) is 0 Å². The minimum absolute atomic E-state index is 0.151. The molecule has 0 radical (unpaired) electrons. The predicted molar refractivity (Wildman–Crippen MR) is 76.7 cm³/mol. The second-order valence-corrected chi connectivity index (χ2v) is 4.35. The average Bonchev–Trinajstić information content (AvgIpc) is 2.45. The molecule has 0 aliphatic carbocycles. The van der Waals surface area contributed by atoms with Gasteiger partial charge in [0.2, 0.25) is 5.95 Å². The van der Waals surface area contributed by atoms with E-state index in [2.05, 4.69) is 27.2 Å². The van der Waals surface area contributed by atoms with E-state index in [-0.39, 0.29) is 12.0 Å². The minimum atomic E-state index is 0.151. The summed E-state index contributed by atoms with van der Waals surface area (Å²) < 4.78 is 10.6. The Bertz CT molecular complexity index is 580. The smallest absolute Gasteiger partial charge is 0.330 e. The van der Waals surface area contributed by atoms with Crippen LogP contribution in [0.25, 0.3) is 0 Å². The van der Waals surface area contributed by atoms with Gasteiger partial charge in [0.05, 0.1) is 7.11 Å². The lowest BCUT2D eigenvalue weighted by atomic mass is 10.3. The Morgan fingerprint density at radius 2 is 2.00 bits per heavy atom. The van der Waals surface area contributed by atoms with E-state index in [1.54, 1.807) is 24.3 Å². The number of aromatic nitrogens is 3. The Balaban J connectivity index is 2.21. The molecular weight excluding hydrogens is 280 g/mol. The van der Waals surface area contributed by atoms with Crippen molar-refractivity contribution >= 4 is 17.5 Å². The highest BCUT2D eigenvalue weighted by atomic mass is 35.5. The van der Waals surface area contributed by atoms with Gasteiger partial charge in [0.1, 0.15) is 5.75 Å². The third-order valence-corrected chi connectivity index (χ3v) is 2.55. The molecule has 20 heavy (non-hydrogen) atoms. The first-order valence-corrected chi connectivity index (χ1v) is 6.56. The third-order valence-electron chi connectivity index (χ3n) is 2.32. The molecule has 1 N–H and O–H groups in total.